The van der Waals surface area contributed by atoms with Crippen LogP contribution in [-0.2, 0) is 6.54 Å². The predicted octanol–water partition coefficient (Wildman–Crippen LogP) is 3.17. The van der Waals surface area contributed by atoms with Crippen molar-refractivity contribution in [2.45, 2.75) is 26.4 Å². The zero-order chi connectivity index (χ0) is 15.1. The summed E-state index contributed by atoms with van der Waals surface area (Å²) in [4.78, 5) is 6.90. The number of aryl methyl sites for hydroxylation is 1. The van der Waals surface area contributed by atoms with E-state index in [1.165, 1.54) is 5.56 Å². The zero-order valence-corrected chi connectivity index (χ0v) is 13.2. The van der Waals surface area contributed by atoms with Crippen molar-refractivity contribution in [1.82, 2.24) is 15.2 Å². The molecule has 0 saturated heterocycles. The van der Waals surface area contributed by atoms with Crippen molar-refractivity contribution in [3.05, 3.63) is 65.5 Å². The Morgan fingerprint density at radius 2 is 1.86 bits per heavy atom. The van der Waals surface area contributed by atoms with E-state index >= 15 is 0 Å². The Labute approximate surface area is 128 Å². The van der Waals surface area contributed by atoms with Gasteiger partial charge in [0.15, 0.2) is 0 Å². The van der Waals surface area contributed by atoms with Gasteiger partial charge in [-0.15, -0.1) is 0 Å². The first kappa shape index (κ1) is 15.7. The summed E-state index contributed by atoms with van der Waals surface area (Å²) in [6.45, 7) is 6.99. The molecule has 0 amide bonds. The molecule has 21 heavy (non-hydrogen) atoms. The maximum Gasteiger partial charge on any atom is 0.0547 e. The molecule has 0 aliphatic rings. The van der Waals surface area contributed by atoms with Gasteiger partial charge in [-0.05, 0) is 38.2 Å². The average Bonchev–Trinajstić information content (AvgIpc) is 2.47. The Morgan fingerprint density at radius 3 is 2.52 bits per heavy atom. The zero-order valence-electron chi connectivity index (χ0n) is 13.2. The third-order valence-corrected chi connectivity index (χ3v) is 3.52. The Morgan fingerprint density at radius 1 is 1.10 bits per heavy atom. The Bertz CT molecular complexity index is 539. The van der Waals surface area contributed by atoms with E-state index in [-0.39, 0.29) is 0 Å². The molecule has 1 aromatic carbocycles. The molecular weight excluding hydrogens is 258 g/mol. The van der Waals surface area contributed by atoms with Crippen molar-refractivity contribution in [2.24, 2.45) is 0 Å². The van der Waals surface area contributed by atoms with Crippen LogP contribution in [0.4, 0.5) is 0 Å². The van der Waals surface area contributed by atoms with Crippen LogP contribution in [0, 0.1) is 6.92 Å². The lowest BCUT2D eigenvalue weighted by Crippen LogP contribution is -2.33. The second-order valence-corrected chi connectivity index (χ2v) is 5.49. The summed E-state index contributed by atoms with van der Waals surface area (Å²) >= 11 is 0. The molecule has 1 aromatic heterocycles. The summed E-state index contributed by atoms with van der Waals surface area (Å²) in [5.74, 6) is 0. The van der Waals surface area contributed by atoms with Crippen LogP contribution in [0.1, 0.15) is 29.9 Å². The molecule has 0 fully saturated rings. The van der Waals surface area contributed by atoms with Gasteiger partial charge in [-0.2, -0.15) is 0 Å². The number of likely N-dealkylation sites (N-methyl/N-ethyl adjacent to an activating group) is 2. The molecule has 2 aromatic rings. The summed E-state index contributed by atoms with van der Waals surface area (Å²) in [6, 6.07) is 17.2. The normalized spacial score (nSPS) is 12.6. The third-order valence-electron chi connectivity index (χ3n) is 3.52. The van der Waals surface area contributed by atoms with Crippen molar-refractivity contribution >= 4 is 0 Å². The van der Waals surface area contributed by atoms with Crippen LogP contribution in [0.5, 0.6) is 0 Å². The van der Waals surface area contributed by atoms with Crippen LogP contribution in [0.3, 0.4) is 0 Å². The fraction of sp³-hybridized carbons (Fsp3) is 0.389. The molecule has 1 unspecified atom stereocenters. The standard InChI is InChI=1S/C18H25N3/c1-4-19-18(16-10-6-5-7-11-16)14-21(3)13-17-12-8-9-15(2)20-17/h5-12,18-19H,4,13-14H2,1-3H3. The highest BCUT2D eigenvalue weighted by Crippen LogP contribution is 2.14. The quantitative estimate of drug-likeness (QED) is 0.846. The first-order chi connectivity index (χ1) is 10.2. The lowest BCUT2D eigenvalue weighted by atomic mass is 10.1. The van der Waals surface area contributed by atoms with Gasteiger partial charge in [-0.1, -0.05) is 43.3 Å². The van der Waals surface area contributed by atoms with E-state index in [2.05, 4.69) is 71.6 Å². The fourth-order valence-electron chi connectivity index (χ4n) is 2.56. The lowest BCUT2D eigenvalue weighted by Gasteiger charge is -2.25. The van der Waals surface area contributed by atoms with E-state index in [1.807, 2.05) is 13.0 Å². The van der Waals surface area contributed by atoms with E-state index < -0.39 is 0 Å². The summed E-state index contributed by atoms with van der Waals surface area (Å²) in [6.07, 6.45) is 0. The van der Waals surface area contributed by atoms with Crippen molar-refractivity contribution in [3.63, 3.8) is 0 Å². The molecule has 3 nitrogen and oxygen atoms in total. The largest absolute Gasteiger partial charge is 0.309 e. The molecule has 3 heteroatoms. The first-order valence-corrected chi connectivity index (χ1v) is 7.58. The Hall–Kier alpha value is -1.71. The van der Waals surface area contributed by atoms with E-state index in [9.17, 15) is 0 Å². The fourth-order valence-corrected chi connectivity index (χ4v) is 2.56. The van der Waals surface area contributed by atoms with E-state index in [4.69, 9.17) is 0 Å². The molecule has 2 rings (SSSR count). The molecule has 0 bridgehead atoms. The van der Waals surface area contributed by atoms with E-state index in [1.54, 1.807) is 0 Å². The maximum absolute atomic E-state index is 4.58. The predicted molar refractivity (Wildman–Crippen MR) is 88.2 cm³/mol. The molecule has 1 N–H and O–H groups in total. The summed E-state index contributed by atoms with van der Waals surface area (Å²) in [7, 11) is 2.15. The van der Waals surface area contributed by atoms with Crippen LogP contribution in [0.15, 0.2) is 48.5 Å². The van der Waals surface area contributed by atoms with Crippen LogP contribution >= 0.6 is 0 Å². The highest BCUT2D eigenvalue weighted by molar-refractivity contribution is 5.19. The minimum absolute atomic E-state index is 0.353. The number of benzene rings is 1. The molecule has 0 aliphatic carbocycles. The molecule has 0 aliphatic heterocycles. The van der Waals surface area contributed by atoms with Gasteiger partial charge in [0.25, 0.3) is 0 Å². The van der Waals surface area contributed by atoms with Gasteiger partial charge in [0.05, 0.1) is 5.69 Å². The smallest absolute Gasteiger partial charge is 0.0547 e. The molecule has 112 valence electrons. The van der Waals surface area contributed by atoms with Gasteiger partial charge < -0.3 is 5.32 Å². The molecule has 0 spiro atoms. The van der Waals surface area contributed by atoms with Gasteiger partial charge in [0.2, 0.25) is 0 Å². The van der Waals surface area contributed by atoms with Gasteiger partial charge in [0, 0.05) is 24.8 Å². The van der Waals surface area contributed by atoms with Gasteiger partial charge in [-0.3, -0.25) is 9.88 Å². The third kappa shape index (κ3) is 4.96. The minimum Gasteiger partial charge on any atom is -0.309 e. The van der Waals surface area contributed by atoms with Crippen LogP contribution < -0.4 is 5.32 Å². The number of rotatable bonds is 7. The summed E-state index contributed by atoms with van der Waals surface area (Å²) in [5, 5.41) is 3.56. The van der Waals surface area contributed by atoms with Crippen LogP contribution in [0.25, 0.3) is 0 Å². The van der Waals surface area contributed by atoms with Crippen molar-refractivity contribution < 1.29 is 0 Å². The second-order valence-electron chi connectivity index (χ2n) is 5.49. The molecular formula is C18H25N3. The molecule has 1 heterocycles. The van der Waals surface area contributed by atoms with Gasteiger partial charge in [0.1, 0.15) is 0 Å². The molecule has 0 saturated carbocycles. The lowest BCUT2D eigenvalue weighted by molar-refractivity contribution is 0.282. The van der Waals surface area contributed by atoms with Gasteiger partial charge >= 0.3 is 0 Å². The van der Waals surface area contributed by atoms with Crippen LogP contribution in [-0.4, -0.2) is 30.0 Å². The van der Waals surface area contributed by atoms with Crippen molar-refractivity contribution in [1.29, 1.82) is 0 Å². The Balaban J connectivity index is 2.00. The molecule has 1 atom stereocenters. The maximum atomic E-state index is 4.58. The van der Waals surface area contributed by atoms with E-state index in [0.717, 1.165) is 31.0 Å². The summed E-state index contributed by atoms with van der Waals surface area (Å²) in [5.41, 5.74) is 3.54. The van der Waals surface area contributed by atoms with Crippen molar-refractivity contribution in [3.8, 4) is 0 Å². The van der Waals surface area contributed by atoms with Gasteiger partial charge in [-0.25, -0.2) is 0 Å². The topological polar surface area (TPSA) is 28.2 Å². The minimum atomic E-state index is 0.353. The number of aromatic nitrogens is 1. The second kappa shape index (κ2) is 7.91. The Kier molecular flexibility index (Phi) is 5.90. The molecule has 0 radical (unpaired) electrons. The number of hydrogen-bond donors (Lipinski definition) is 1. The SMILES string of the molecule is CCNC(CN(C)Cc1cccc(C)n1)c1ccccc1. The van der Waals surface area contributed by atoms with Crippen molar-refractivity contribution in [2.75, 3.05) is 20.1 Å². The number of pyridine rings is 1. The summed E-state index contributed by atoms with van der Waals surface area (Å²) < 4.78 is 0. The van der Waals surface area contributed by atoms with E-state index in [0.29, 0.717) is 6.04 Å². The number of nitrogens with one attached hydrogen (secondary N) is 1. The highest BCUT2D eigenvalue weighted by atomic mass is 15.1. The number of hydrogen-bond acceptors (Lipinski definition) is 3. The first-order valence-electron chi connectivity index (χ1n) is 7.58. The van der Waals surface area contributed by atoms with Crippen LogP contribution in [0.2, 0.25) is 0 Å². The number of nitrogens with zero attached hydrogens (tertiary/aromatic N) is 2. The monoisotopic (exact) mass is 283 g/mol. The highest BCUT2D eigenvalue weighted by Gasteiger charge is 2.13. The average molecular weight is 283 g/mol.